The van der Waals surface area contributed by atoms with Gasteiger partial charge in [-0.1, -0.05) is 26.0 Å². The smallest absolute Gasteiger partial charge is 0.746 e. The van der Waals surface area contributed by atoms with E-state index in [1.165, 1.54) is 17.0 Å². The molecule has 18 heteroatoms. The Balaban J connectivity index is 0.00000705. The Bertz CT molecular complexity index is 1330. The van der Waals surface area contributed by atoms with Gasteiger partial charge in [-0.15, -0.1) is 0 Å². The van der Waals surface area contributed by atoms with Crippen LogP contribution in [0.15, 0.2) is 24.3 Å². The molecule has 1 aromatic carbocycles. The first kappa shape index (κ1) is 38.7. The van der Waals surface area contributed by atoms with Gasteiger partial charge in [-0.3, -0.25) is 14.4 Å². The summed E-state index contributed by atoms with van der Waals surface area (Å²) < 4.78 is 79.2. The molecule has 45 heavy (non-hydrogen) atoms. The van der Waals surface area contributed by atoms with Crippen molar-refractivity contribution in [1.82, 2.24) is 20.9 Å². The number of halogens is 3. The van der Waals surface area contributed by atoms with Crippen LogP contribution in [-0.2, 0) is 42.0 Å². The number of likely N-dealkylation sites (tertiary alicyclic amines) is 1. The number of amides is 4. The minimum Gasteiger partial charge on any atom is -0.746 e. The Morgan fingerprint density at radius 3 is 2.47 bits per heavy atom. The summed E-state index contributed by atoms with van der Waals surface area (Å²) in [7, 11) is -5.28. The second-order valence-corrected chi connectivity index (χ2v) is 12.8. The molecule has 1 aromatic rings. The molecule has 2 saturated heterocycles. The Labute approximate surface area is 281 Å². The van der Waals surface area contributed by atoms with Crippen LogP contribution < -0.4 is 45.5 Å². The number of aliphatic hydroxyl groups excluding tert-OH is 1. The van der Waals surface area contributed by atoms with Gasteiger partial charge in [0.05, 0.1) is 17.6 Å². The summed E-state index contributed by atoms with van der Waals surface area (Å²) in [5, 5.41) is 17.3. The predicted molar refractivity (Wildman–Crippen MR) is 146 cm³/mol. The molecule has 3 rings (SSSR count). The van der Waals surface area contributed by atoms with E-state index in [4.69, 9.17) is 4.74 Å². The van der Waals surface area contributed by atoms with E-state index >= 15 is 0 Å². The van der Waals surface area contributed by atoms with Crippen molar-refractivity contribution >= 4 is 33.9 Å². The zero-order valence-corrected chi connectivity index (χ0v) is 27.9. The fraction of sp³-hybridized carbons (Fsp3) is 0.630. The van der Waals surface area contributed by atoms with E-state index in [0.29, 0.717) is 13.0 Å². The van der Waals surface area contributed by atoms with Crippen molar-refractivity contribution in [1.29, 1.82) is 0 Å². The molecule has 0 aliphatic carbocycles. The fourth-order valence-corrected chi connectivity index (χ4v) is 5.77. The largest absolute Gasteiger partial charge is 1.00 e. The molecule has 2 fully saturated rings. The van der Waals surface area contributed by atoms with Gasteiger partial charge in [0.15, 0.2) is 5.44 Å². The van der Waals surface area contributed by atoms with E-state index in [0.717, 1.165) is 12.1 Å². The van der Waals surface area contributed by atoms with Gasteiger partial charge in [-0.05, 0) is 49.3 Å². The summed E-state index contributed by atoms with van der Waals surface area (Å²) in [6.07, 6.45) is -5.25. The Kier molecular flexibility index (Phi) is 14.1. The maximum absolute atomic E-state index is 13.1. The van der Waals surface area contributed by atoms with Gasteiger partial charge in [0, 0.05) is 25.4 Å². The van der Waals surface area contributed by atoms with Crippen LogP contribution in [0.2, 0.25) is 0 Å². The van der Waals surface area contributed by atoms with Gasteiger partial charge in [0.2, 0.25) is 17.7 Å². The van der Waals surface area contributed by atoms with Crippen LogP contribution in [0.4, 0.5) is 18.0 Å². The standard InChI is InChI=1S/C27H37F3N4O9S.Na/c1-15(2)10-20(24(37)32-21(25(38)44(40,41)42)12-17-8-9-31-23(17)36)33-26(39)43-14-19-6-7-22(35)34(19)13-16-4-3-5-18(11-16)27(28,29)30;/h3-5,11,15,17,19-21,25,38H,6-10,12-14H2,1-2H3,(H,31,36)(H,32,37)(H,33,39)(H,40,41,42);/q;+1/p-1/t17-,19-,20-,21-,25?;/m0./s1. The average Bonchev–Trinajstić information content (AvgIpc) is 3.49. The van der Waals surface area contributed by atoms with Gasteiger partial charge in [-0.25, -0.2) is 13.2 Å². The van der Waals surface area contributed by atoms with Crippen molar-refractivity contribution in [3.63, 3.8) is 0 Å². The molecule has 2 aliphatic rings. The van der Waals surface area contributed by atoms with Crippen LogP contribution in [0.25, 0.3) is 0 Å². The number of nitrogens with zero attached hydrogens (tertiary/aromatic N) is 1. The molecule has 0 saturated carbocycles. The second kappa shape index (κ2) is 16.4. The summed E-state index contributed by atoms with van der Waals surface area (Å²) >= 11 is 0. The van der Waals surface area contributed by atoms with Crippen LogP contribution in [0.1, 0.15) is 57.1 Å². The van der Waals surface area contributed by atoms with Crippen molar-refractivity contribution in [2.24, 2.45) is 11.8 Å². The number of rotatable bonds is 13. The maximum atomic E-state index is 13.1. The van der Waals surface area contributed by atoms with Crippen LogP contribution in [-0.4, -0.2) is 83.5 Å². The first-order valence-corrected chi connectivity index (χ1v) is 15.5. The number of alkyl carbamates (subject to hydrolysis) is 1. The van der Waals surface area contributed by atoms with Crippen LogP contribution in [0, 0.1) is 11.8 Å². The fourth-order valence-electron chi connectivity index (χ4n) is 5.19. The van der Waals surface area contributed by atoms with Gasteiger partial charge in [0.25, 0.3) is 0 Å². The van der Waals surface area contributed by atoms with E-state index in [1.807, 2.05) is 0 Å². The maximum Gasteiger partial charge on any atom is 1.00 e. The molecule has 4 amide bonds. The summed E-state index contributed by atoms with van der Waals surface area (Å²) in [4.78, 5) is 51.6. The molecular formula is C27H36F3N4NaO9S. The van der Waals surface area contributed by atoms with E-state index < -0.39 is 69.2 Å². The molecule has 0 aromatic heterocycles. The third kappa shape index (κ3) is 11.4. The van der Waals surface area contributed by atoms with Gasteiger partial charge < -0.3 is 35.2 Å². The predicted octanol–water partition coefficient (Wildman–Crippen LogP) is -1.78. The average molecular weight is 673 g/mol. The number of benzene rings is 1. The van der Waals surface area contributed by atoms with Crippen molar-refractivity contribution in [2.45, 2.75) is 82.2 Å². The molecule has 2 heterocycles. The van der Waals surface area contributed by atoms with Crippen molar-refractivity contribution in [2.75, 3.05) is 13.2 Å². The minimum absolute atomic E-state index is 0. The molecule has 4 N–H and O–H groups in total. The van der Waals surface area contributed by atoms with E-state index in [-0.39, 0.29) is 85.8 Å². The molecule has 1 unspecified atom stereocenters. The monoisotopic (exact) mass is 672 g/mol. The molecular weight excluding hydrogens is 636 g/mol. The Morgan fingerprint density at radius 2 is 1.89 bits per heavy atom. The summed E-state index contributed by atoms with van der Waals surface area (Å²) in [5.41, 5.74) is -3.17. The van der Waals surface area contributed by atoms with E-state index in [1.54, 1.807) is 13.8 Å². The number of hydrogen-bond donors (Lipinski definition) is 4. The molecule has 0 spiro atoms. The third-order valence-corrected chi connectivity index (χ3v) is 8.37. The van der Waals surface area contributed by atoms with Crippen LogP contribution in [0.3, 0.4) is 0 Å². The summed E-state index contributed by atoms with van der Waals surface area (Å²) in [5.74, 6) is -2.61. The number of carbonyl (C=O) groups is 4. The number of nitrogens with one attached hydrogen (secondary N) is 3. The summed E-state index contributed by atoms with van der Waals surface area (Å²) in [6.45, 7) is 3.32. The first-order valence-electron chi connectivity index (χ1n) is 14.1. The zero-order valence-electron chi connectivity index (χ0n) is 25.1. The molecule has 13 nitrogen and oxygen atoms in total. The third-order valence-electron chi connectivity index (χ3n) is 7.45. The number of aliphatic hydroxyl groups is 1. The van der Waals surface area contributed by atoms with Crippen molar-refractivity contribution < 1.29 is 84.7 Å². The second-order valence-electron chi connectivity index (χ2n) is 11.3. The van der Waals surface area contributed by atoms with Gasteiger partial charge in [-0.2, -0.15) is 13.2 Å². The summed E-state index contributed by atoms with van der Waals surface area (Å²) in [6, 6.07) is 0.957. The number of carbonyl (C=O) groups excluding carboxylic acids is 4. The Morgan fingerprint density at radius 1 is 1.20 bits per heavy atom. The SMILES string of the molecule is CC(C)C[C@H](NC(=O)OC[C@@H]1CCC(=O)N1Cc1cccc(C(F)(F)F)c1)C(=O)N[C@@H](C[C@@H]1CCNC1=O)C(O)S(=O)(=O)[O-].[Na+]. The molecule has 246 valence electrons. The Hall–Kier alpha value is -2.44. The molecule has 5 atom stereocenters. The van der Waals surface area contributed by atoms with Gasteiger partial charge >= 0.3 is 41.8 Å². The normalized spacial score (nSPS) is 20.7. The topological polar surface area (TPSA) is 194 Å². The quantitative estimate of drug-likeness (QED) is 0.138. The van der Waals surface area contributed by atoms with E-state index in [2.05, 4.69) is 16.0 Å². The number of ether oxygens (including phenoxy) is 1. The van der Waals surface area contributed by atoms with Crippen molar-refractivity contribution in [3.05, 3.63) is 35.4 Å². The first-order chi connectivity index (χ1) is 20.5. The number of alkyl halides is 3. The minimum atomic E-state index is -5.28. The van der Waals surface area contributed by atoms with Crippen LogP contribution >= 0.6 is 0 Å². The van der Waals surface area contributed by atoms with Crippen LogP contribution in [0.5, 0.6) is 0 Å². The molecule has 2 aliphatic heterocycles. The van der Waals surface area contributed by atoms with Gasteiger partial charge in [0.1, 0.15) is 22.8 Å². The number of hydrogen-bond acceptors (Lipinski definition) is 9. The molecule has 0 radical (unpaired) electrons. The zero-order chi connectivity index (χ0) is 32.8. The van der Waals surface area contributed by atoms with E-state index in [9.17, 15) is 50.4 Å². The van der Waals surface area contributed by atoms with Crippen molar-refractivity contribution in [3.8, 4) is 0 Å². The molecule has 0 bridgehead atoms.